The third-order valence-electron chi connectivity index (χ3n) is 14.2. The highest BCUT2D eigenvalue weighted by molar-refractivity contribution is 6.20. The summed E-state index contributed by atoms with van der Waals surface area (Å²) in [6, 6.07) is 79.6. The van der Waals surface area contributed by atoms with Crippen LogP contribution in [0.3, 0.4) is 0 Å². The van der Waals surface area contributed by atoms with E-state index < -0.39 is 0 Å². The summed E-state index contributed by atoms with van der Waals surface area (Å²) in [7, 11) is 0. The topological polar surface area (TPSA) is 35.6 Å². The van der Waals surface area contributed by atoms with Crippen molar-refractivity contribution in [2.45, 2.75) is 0 Å². The second kappa shape index (κ2) is 13.3. The third-order valence-corrected chi connectivity index (χ3v) is 14.2. The number of benzene rings is 11. The predicted molar refractivity (Wildman–Crippen MR) is 276 cm³/mol. The number of nitrogens with zero attached hydrogens (tertiary/aromatic N) is 4. The maximum absolute atomic E-state index is 5.39. The summed E-state index contributed by atoms with van der Waals surface area (Å²) >= 11 is 0. The molecule has 66 heavy (non-hydrogen) atoms. The molecule has 0 aliphatic heterocycles. The van der Waals surface area contributed by atoms with E-state index in [0.29, 0.717) is 0 Å². The normalized spacial score (nSPS) is 12.2. The van der Waals surface area contributed by atoms with Crippen molar-refractivity contribution in [3.8, 4) is 56.1 Å². The van der Waals surface area contributed by atoms with Gasteiger partial charge in [0.15, 0.2) is 0 Å². The number of para-hydroxylation sites is 4. The lowest BCUT2D eigenvalue weighted by Crippen LogP contribution is -1.98. The molecule has 1 aliphatic carbocycles. The van der Waals surface area contributed by atoms with Crippen LogP contribution in [0.4, 0.5) is 0 Å². The van der Waals surface area contributed by atoms with Gasteiger partial charge in [0.1, 0.15) is 0 Å². The lowest BCUT2D eigenvalue weighted by Gasteiger charge is -2.15. The van der Waals surface area contributed by atoms with Crippen molar-refractivity contribution in [3.63, 3.8) is 0 Å². The molecule has 0 saturated heterocycles. The molecular formula is C62H36N4. The average molecular weight is 837 g/mol. The molecule has 0 saturated carbocycles. The summed E-state index contributed by atoms with van der Waals surface area (Å²) in [5, 5.41) is 12.4. The monoisotopic (exact) mass is 836 g/mol. The highest BCUT2D eigenvalue weighted by atomic mass is 15.0. The third kappa shape index (κ3) is 4.98. The number of rotatable bonds is 4. The van der Waals surface area contributed by atoms with Gasteiger partial charge in [-0.25, -0.2) is 9.97 Å². The maximum Gasteiger partial charge on any atom is 0.0979 e. The largest absolute Gasteiger partial charge is 0.309 e. The van der Waals surface area contributed by atoms with E-state index in [0.717, 1.165) is 44.9 Å². The summed E-state index contributed by atoms with van der Waals surface area (Å²) in [6.07, 6.45) is 0. The Balaban J connectivity index is 0.898. The van der Waals surface area contributed by atoms with Gasteiger partial charge in [0, 0.05) is 44.0 Å². The van der Waals surface area contributed by atoms with Crippen LogP contribution in [0.2, 0.25) is 0 Å². The molecule has 0 unspecified atom stereocenters. The summed E-state index contributed by atoms with van der Waals surface area (Å²) in [4.78, 5) is 10.8. The standard InChI is InChI=1S/C62H36N4/c1-2-13-39-35-58-52(33-38(39)12-1)47-17-6-10-23-57(47)66(58)43-29-26-40-34-53-46-16-5-9-22-56(46)65(59(53)36-41(40)32-43)42-27-24-37(25-28-42)61-62(64-55-21-8-7-20-54(55)63-61)51-31-30-50-45-15-4-3-14-44(45)48-18-11-19-49(51)60(48)50/h1-36H. The Morgan fingerprint density at radius 2 is 0.773 bits per heavy atom. The lowest BCUT2D eigenvalue weighted by molar-refractivity contribution is 1.18. The zero-order valence-corrected chi connectivity index (χ0v) is 35.6. The van der Waals surface area contributed by atoms with Crippen molar-refractivity contribution in [2.24, 2.45) is 0 Å². The van der Waals surface area contributed by atoms with E-state index in [1.165, 1.54) is 98.2 Å². The summed E-state index contributed by atoms with van der Waals surface area (Å²) < 4.78 is 4.85. The lowest BCUT2D eigenvalue weighted by atomic mass is 9.94. The van der Waals surface area contributed by atoms with Crippen LogP contribution >= 0.6 is 0 Å². The zero-order chi connectivity index (χ0) is 43.0. The number of aromatic nitrogens is 4. The highest BCUT2D eigenvalue weighted by Gasteiger charge is 2.25. The molecular weight excluding hydrogens is 801 g/mol. The van der Waals surface area contributed by atoms with Gasteiger partial charge in [0.05, 0.1) is 44.5 Å². The Morgan fingerprint density at radius 3 is 1.48 bits per heavy atom. The number of fused-ring (bicyclic) bond motifs is 12. The second-order valence-corrected chi connectivity index (χ2v) is 17.7. The van der Waals surface area contributed by atoms with Gasteiger partial charge in [-0.3, -0.25) is 0 Å². The van der Waals surface area contributed by atoms with Crippen LogP contribution in [0.1, 0.15) is 0 Å². The molecule has 4 heteroatoms. The van der Waals surface area contributed by atoms with Gasteiger partial charge in [-0.15, -0.1) is 0 Å². The van der Waals surface area contributed by atoms with E-state index in [1.54, 1.807) is 0 Å². The summed E-state index contributed by atoms with van der Waals surface area (Å²) in [5.41, 5.74) is 17.7. The van der Waals surface area contributed by atoms with E-state index in [-0.39, 0.29) is 0 Å². The molecule has 3 aromatic heterocycles. The molecule has 1 aliphatic rings. The highest BCUT2D eigenvalue weighted by Crippen LogP contribution is 2.50. The Hall–Kier alpha value is -8.86. The quantitative estimate of drug-likeness (QED) is 0.177. The van der Waals surface area contributed by atoms with Crippen molar-refractivity contribution >= 4 is 87.0 Å². The van der Waals surface area contributed by atoms with Gasteiger partial charge in [0.25, 0.3) is 0 Å². The molecule has 0 N–H and O–H groups in total. The minimum atomic E-state index is 0.871. The van der Waals surface area contributed by atoms with Crippen LogP contribution in [0.25, 0.3) is 143 Å². The predicted octanol–water partition coefficient (Wildman–Crippen LogP) is 16.3. The second-order valence-electron chi connectivity index (χ2n) is 17.7. The minimum Gasteiger partial charge on any atom is -0.309 e. The molecule has 0 radical (unpaired) electrons. The Labute approximate surface area is 378 Å². The summed E-state index contributed by atoms with van der Waals surface area (Å²) in [6.45, 7) is 0. The molecule has 11 aromatic carbocycles. The Kier molecular flexibility index (Phi) is 7.19. The molecule has 14 aromatic rings. The van der Waals surface area contributed by atoms with E-state index in [1.807, 2.05) is 12.1 Å². The van der Waals surface area contributed by atoms with Gasteiger partial charge in [-0.2, -0.15) is 0 Å². The van der Waals surface area contributed by atoms with E-state index in [9.17, 15) is 0 Å². The van der Waals surface area contributed by atoms with Crippen LogP contribution in [-0.4, -0.2) is 19.1 Å². The molecule has 15 rings (SSSR count). The first-order valence-corrected chi connectivity index (χ1v) is 22.6. The number of hydrogen-bond donors (Lipinski definition) is 0. The van der Waals surface area contributed by atoms with Gasteiger partial charge in [0.2, 0.25) is 0 Å². The first-order chi connectivity index (χ1) is 32.7. The number of hydrogen-bond acceptors (Lipinski definition) is 2. The van der Waals surface area contributed by atoms with Crippen molar-refractivity contribution in [3.05, 3.63) is 218 Å². The first kappa shape index (κ1) is 35.6. The van der Waals surface area contributed by atoms with E-state index >= 15 is 0 Å². The fourth-order valence-electron chi connectivity index (χ4n) is 11.2. The van der Waals surface area contributed by atoms with Crippen molar-refractivity contribution in [1.82, 2.24) is 19.1 Å². The summed E-state index contributed by atoms with van der Waals surface area (Å²) in [5.74, 6) is 0. The molecule has 4 nitrogen and oxygen atoms in total. The Morgan fingerprint density at radius 1 is 0.273 bits per heavy atom. The zero-order valence-electron chi connectivity index (χ0n) is 35.6. The van der Waals surface area contributed by atoms with Gasteiger partial charge < -0.3 is 9.13 Å². The van der Waals surface area contributed by atoms with Crippen molar-refractivity contribution < 1.29 is 0 Å². The van der Waals surface area contributed by atoms with Crippen molar-refractivity contribution in [2.75, 3.05) is 0 Å². The molecule has 0 atom stereocenters. The van der Waals surface area contributed by atoms with Gasteiger partial charge in [-0.05, 0) is 127 Å². The maximum atomic E-state index is 5.39. The van der Waals surface area contributed by atoms with E-state index in [2.05, 4.69) is 215 Å². The molecule has 0 amide bonds. The fraction of sp³-hybridized carbons (Fsp3) is 0. The van der Waals surface area contributed by atoms with Crippen molar-refractivity contribution in [1.29, 1.82) is 0 Å². The van der Waals surface area contributed by atoms with Gasteiger partial charge in [-0.1, -0.05) is 146 Å². The smallest absolute Gasteiger partial charge is 0.0979 e. The van der Waals surface area contributed by atoms with Gasteiger partial charge >= 0.3 is 0 Å². The van der Waals surface area contributed by atoms with Crippen LogP contribution in [0.15, 0.2) is 218 Å². The van der Waals surface area contributed by atoms with Crippen LogP contribution in [-0.2, 0) is 0 Å². The fourth-order valence-corrected chi connectivity index (χ4v) is 11.2. The first-order valence-electron chi connectivity index (χ1n) is 22.6. The SMILES string of the molecule is c1ccc2c(c1)-c1cccc3c(-c4nc5ccccc5nc4-c4ccc(-n5c6ccccc6c6cc7ccc(-n8c9ccccc9c9cc%10ccccc%10cc98)cc7cc65)cc4)ccc-2c13. The van der Waals surface area contributed by atoms with E-state index in [4.69, 9.17) is 9.97 Å². The van der Waals surface area contributed by atoms with Crippen LogP contribution in [0, 0.1) is 0 Å². The van der Waals surface area contributed by atoms with Crippen LogP contribution in [0.5, 0.6) is 0 Å². The average Bonchev–Trinajstić information content (AvgIpc) is 4.00. The molecule has 0 spiro atoms. The molecule has 304 valence electrons. The van der Waals surface area contributed by atoms with Crippen LogP contribution < -0.4 is 0 Å². The molecule has 0 fully saturated rings. The minimum absolute atomic E-state index is 0.871. The molecule has 0 bridgehead atoms. The Bertz CT molecular complexity index is 4370. The molecule has 3 heterocycles.